The van der Waals surface area contributed by atoms with E-state index in [0.29, 0.717) is 19.2 Å². The van der Waals surface area contributed by atoms with E-state index in [0.717, 1.165) is 37.1 Å². The molecular formula is C23H17Cl3F7N. The van der Waals surface area contributed by atoms with Crippen molar-refractivity contribution in [1.29, 1.82) is 0 Å². The molecule has 0 amide bonds. The van der Waals surface area contributed by atoms with E-state index < -0.39 is 40.8 Å². The first-order chi connectivity index (χ1) is 15.7. The van der Waals surface area contributed by atoms with Gasteiger partial charge in [0, 0.05) is 29.9 Å². The Morgan fingerprint density at radius 3 is 2.00 bits per heavy atom. The van der Waals surface area contributed by atoms with E-state index in [1.54, 1.807) is 4.90 Å². The molecule has 0 aromatic heterocycles. The number of allylic oxidation sites excluding steroid dienone is 1. The van der Waals surface area contributed by atoms with Crippen LogP contribution in [0.4, 0.5) is 30.7 Å². The molecule has 11 heteroatoms. The van der Waals surface area contributed by atoms with Gasteiger partial charge in [0.25, 0.3) is 0 Å². The summed E-state index contributed by atoms with van der Waals surface area (Å²) < 4.78 is 97.4. The fraction of sp³-hybridized carbons (Fsp3) is 0.304. The Bertz CT molecular complexity index is 1090. The van der Waals surface area contributed by atoms with Gasteiger partial charge >= 0.3 is 12.4 Å². The third kappa shape index (κ3) is 5.83. The molecule has 0 radical (unpaired) electrons. The summed E-state index contributed by atoms with van der Waals surface area (Å²) in [5.41, 5.74) is -2.50. The van der Waals surface area contributed by atoms with Gasteiger partial charge in [0.2, 0.25) is 0 Å². The van der Waals surface area contributed by atoms with Crippen molar-refractivity contribution in [2.75, 3.05) is 13.1 Å². The average Bonchev–Trinajstić information content (AvgIpc) is 3.28. The van der Waals surface area contributed by atoms with Gasteiger partial charge in [-0.05, 0) is 42.7 Å². The number of hydrogen-bond donors (Lipinski definition) is 0. The monoisotopic (exact) mass is 545 g/mol. The van der Waals surface area contributed by atoms with Crippen molar-refractivity contribution in [2.24, 2.45) is 0 Å². The molecule has 0 bridgehead atoms. The molecule has 1 atom stereocenters. The fourth-order valence-electron chi connectivity index (χ4n) is 3.71. The third-order valence-corrected chi connectivity index (χ3v) is 6.63. The molecule has 2 aromatic carbocycles. The molecule has 1 heterocycles. The number of hydrogen-bond acceptors (Lipinski definition) is 1. The van der Waals surface area contributed by atoms with Gasteiger partial charge in [-0.3, -0.25) is 0 Å². The largest absolute Gasteiger partial charge is 0.417 e. The van der Waals surface area contributed by atoms with E-state index in [-0.39, 0.29) is 32.4 Å². The minimum absolute atomic E-state index is 0.124. The Kier molecular flexibility index (Phi) is 7.85. The van der Waals surface area contributed by atoms with E-state index >= 15 is 0 Å². The van der Waals surface area contributed by atoms with Gasteiger partial charge in [-0.1, -0.05) is 53.5 Å². The zero-order chi connectivity index (χ0) is 25.4. The fourth-order valence-corrected chi connectivity index (χ4v) is 4.33. The van der Waals surface area contributed by atoms with Crippen molar-refractivity contribution in [3.05, 3.63) is 80.3 Å². The molecule has 0 saturated carbocycles. The lowest BCUT2D eigenvalue weighted by atomic mass is 9.95. The van der Waals surface area contributed by atoms with Gasteiger partial charge in [0.05, 0.1) is 20.6 Å². The summed E-state index contributed by atoms with van der Waals surface area (Å²) in [6.07, 6.45) is -8.09. The van der Waals surface area contributed by atoms with Crippen LogP contribution < -0.4 is 0 Å². The van der Waals surface area contributed by atoms with Crippen LogP contribution in [0, 0.1) is 0 Å². The van der Waals surface area contributed by atoms with Crippen LogP contribution in [0.15, 0.2) is 43.0 Å². The second-order valence-corrected chi connectivity index (χ2v) is 8.92. The van der Waals surface area contributed by atoms with E-state index in [1.165, 1.54) is 0 Å². The van der Waals surface area contributed by atoms with Crippen LogP contribution in [0.1, 0.15) is 41.0 Å². The number of alkyl halides is 6. The van der Waals surface area contributed by atoms with Crippen LogP contribution in [0.25, 0.3) is 11.5 Å². The lowest BCUT2D eigenvalue weighted by Crippen LogP contribution is -2.20. The molecular weight excluding hydrogens is 530 g/mol. The van der Waals surface area contributed by atoms with Crippen LogP contribution in [0.5, 0.6) is 0 Å². The molecule has 1 aliphatic heterocycles. The Morgan fingerprint density at radius 1 is 0.941 bits per heavy atom. The smallest absolute Gasteiger partial charge is 0.372 e. The molecule has 0 N–H and O–H groups in total. The van der Waals surface area contributed by atoms with E-state index in [1.807, 2.05) is 0 Å². The first kappa shape index (κ1) is 26.7. The van der Waals surface area contributed by atoms with Gasteiger partial charge in [-0.2, -0.15) is 26.3 Å². The van der Waals surface area contributed by atoms with Crippen LogP contribution in [-0.4, -0.2) is 24.2 Å². The first-order valence-electron chi connectivity index (χ1n) is 9.94. The summed E-state index contributed by atoms with van der Waals surface area (Å²) in [6, 6.07) is 4.25. The average molecular weight is 547 g/mol. The molecule has 1 unspecified atom stereocenters. The van der Waals surface area contributed by atoms with E-state index in [2.05, 4.69) is 6.58 Å². The second-order valence-electron chi connectivity index (χ2n) is 7.73. The molecule has 2 aromatic rings. The highest BCUT2D eigenvalue weighted by molar-refractivity contribution is 6.48. The van der Waals surface area contributed by atoms with Crippen LogP contribution >= 0.6 is 34.8 Å². The molecule has 1 aliphatic rings. The first-order valence-corrected chi connectivity index (χ1v) is 11.1. The van der Waals surface area contributed by atoms with Gasteiger partial charge in [0.1, 0.15) is 11.7 Å². The van der Waals surface area contributed by atoms with Crippen LogP contribution in [0.3, 0.4) is 0 Å². The SMILES string of the molecule is C=C(c1ccc(/C(F)=C/C(c2cc(Cl)c(Cl)c(Cl)c2)C(F)(F)F)cc1C(F)(F)F)N1CCCC1. The van der Waals surface area contributed by atoms with Gasteiger partial charge in [-0.15, -0.1) is 0 Å². The lowest BCUT2D eigenvalue weighted by Gasteiger charge is -2.24. The molecule has 184 valence electrons. The van der Waals surface area contributed by atoms with Crippen molar-refractivity contribution in [3.8, 4) is 0 Å². The zero-order valence-electron chi connectivity index (χ0n) is 17.3. The van der Waals surface area contributed by atoms with Gasteiger partial charge < -0.3 is 4.90 Å². The van der Waals surface area contributed by atoms with Crippen LogP contribution in [-0.2, 0) is 6.18 Å². The molecule has 1 saturated heterocycles. The van der Waals surface area contributed by atoms with E-state index in [4.69, 9.17) is 34.8 Å². The number of rotatable bonds is 5. The quantitative estimate of drug-likeness (QED) is 0.267. The minimum atomic E-state index is -4.99. The number of nitrogens with zero attached hydrogens (tertiary/aromatic N) is 1. The lowest BCUT2D eigenvalue weighted by molar-refractivity contribution is -0.140. The molecule has 34 heavy (non-hydrogen) atoms. The maximum atomic E-state index is 15.0. The molecule has 0 aliphatic carbocycles. The molecule has 1 fully saturated rings. The van der Waals surface area contributed by atoms with Crippen molar-refractivity contribution in [2.45, 2.75) is 31.1 Å². The summed E-state index contributed by atoms with van der Waals surface area (Å²) in [6.45, 7) is 4.80. The Hall–Kier alpha value is -1.90. The predicted octanol–water partition coefficient (Wildman–Crippen LogP) is 9.39. The Balaban J connectivity index is 2.06. The summed E-state index contributed by atoms with van der Waals surface area (Å²) in [4.78, 5) is 1.68. The maximum Gasteiger partial charge on any atom is 0.417 e. The molecule has 3 rings (SSSR count). The highest BCUT2D eigenvalue weighted by Gasteiger charge is 2.41. The van der Waals surface area contributed by atoms with Crippen molar-refractivity contribution in [3.63, 3.8) is 0 Å². The normalized spacial score (nSPS) is 16.2. The van der Waals surface area contributed by atoms with Gasteiger partial charge in [-0.25, -0.2) is 4.39 Å². The summed E-state index contributed by atoms with van der Waals surface area (Å²) in [5.74, 6) is -4.03. The Morgan fingerprint density at radius 2 is 1.50 bits per heavy atom. The highest BCUT2D eigenvalue weighted by Crippen LogP contribution is 2.43. The van der Waals surface area contributed by atoms with Crippen LogP contribution in [0.2, 0.25) is 15.1 Å². The van der Waals surface area contributed by atoms with E-state index in [9.17, 15) is 30.7 Å². The number of benzene rings is 2. The highest BCUT2D eigenvalue weighted by atomic mass is 35.5. The maximum absolute atomic E-state index is 15.0. The summed E-state index contributed by atoms with van der Waals surface area (Å²) >= 11 is 17.4. The Labute approximate surface area is 206 Å². The van der Waals surface area contributed by atoms with Crippen molar-refractivity contribution < 1.29 is 30.7 Å². The standard InChI is InChI=1S/C23H17Cl3F7N/c1-12(34-6-2-3-7-34)15-5-4-13(8-17(15)23(31,32)33)20(27)11-16(22(28,29)30)14-9-18(24)21(26)19(25)10-14/h4-5,8-11,16H,1-3,6-7H2/b20-11-. The number of likely N-dealkylation sites (tertiary alicyclic amines) is 1. The van der Waals surface area contributed by atoms with Crippen molar-refractivity contribution >= 4 is 46.3 Å². The zero-order valence-corrected chi connectivity index (χ0v) is 19.6. The minimum Gasteiger partial charge on any atom is -0.372 e. The number of halogens is 10. The topological polar surface area (TPSA) is 3.24 Å². The van der Waals surface area contributed by atoms with Crippen molar-refractivity contribution in [1.82, 2.24) is 4.90 Å². The summed E-state index contributed by atoms with van der Waals surface area (Å²) in [7, 11) is 0. The second kappa shape index (κ2) is 9.99. The third-order valence-electron chi connectivity index (χ3n) is 5.43. The summed E-state index contributed by atoms with van der Waals surface area (Å²) in [5, 5.41) is -0.742. The molecule has 1 nitrogen and oxygen atoms in total. The predicted molar refractivity (Wildman–Crippen MR) is 121 cm³/mol. The van der Waals surface area contributed by atoms with Gasteiger partial charge in [0.15, 0.2) is 0 Å². The molecule has 0 spiro atoms.